The minimum atomic E-state index is -3.40. The smallest absolute Gasteiger partial charge is 0.175 e. The van der Waals surface area contributed by atoms with Gasteiger partial charge in [0.25, 0.3) is 0 Å². The number of rotatable bonds is 4. The Kier molecular flexibility index (Phi) is 5.33. The number of benzene rings is 2. The van der Waals surface area contributed by atoms with E-state index in [1.807, 2.05) is 0 Å². The molecule has 0 aliphatic carbocycles. The monoisotopic (exact) mass is 360 g/mol. The Morgan fingerprint density at radius 2 is 1.62 bits per heavy atom. The van der Waals surface area contributed by atoms with Crippen molar-refractivity contribution >= 4 is 50.7 Å². The van der Waals surface area contributed by atoms with E-state index in [9.17, 15) is 8.42 Å². The second-order valence-corrected chi connectivity index (χ2v) is 7.49. The van der Waals surface area contributed by atoms with Crippen LogP contribution in [0.25, 0.3) is 6.08 Å². The van der Waals surface area contributed by atoms with Crippen LogP contribution in [0.4, 0.5) is 0 Å². The van der Waals surface area contributed by atoms with Gasteiger partial charge >= 0.3 is 0 Å². The Balaban J connectivity index is 2.19. The Morgan fingerprint density at radius 1 is 0.952 bits per heavy atom. The van der Waals surface area contributed by atoms with Crippen LogP contribution in [0.1, 0.15) is 11.1 Å². The maximum Gasteiger partial charge on any atom is 0.175 e. The van der Waals surface area contributed by atoms with Crippen molar-refractivity contribution in [3.8, 4) is 0 Å². The van der Waals surface area contributed by atoms with E-state index in [4.69, 9.17) is 34.8 Å². The predicted molar refractivity (Wildman–Crippen MR) is 89.6 cm³/mol. The van der Waals surface area contributed by atoms with E-state index in [0.717, 1.165) is 5.41 Å². The van der Waals surface area contributed by atoms with Gasteiger partial charge in [-0.25, -0.2) is 8.42 Å². The zero-order chi connectivity index (χ0) is 15.5. The molecule has 0 aliphatic rings. The molecule has 0 N–H and O–H groups in total. The van der Waals surface area contributed by atoms with Crippen LogP contribution in [0.2, 0.25) is 15.1 Å². The summed E-state index contributed by atoms with van der Waals surface area (Å²) in [5.74, 6) is -0.0984. The summed E-state index contributed by atoms with van der Waals surface area (Å²) in [5.41, 5.74) is 1.23. The summed E-state index contributed by atoms with van der Waals surface area (Å²) in [6, 6.07) is 11.7. The van der Waals surface area contributed by atoms with Crippen LogP contribution in [-0.4, -0.2) is 8.42 Å². The summed E-state index contributed by atoms with van der Waals surface area (Å²) in [7, 11) is -3.40. The molecule has 0 spiro atoms. The third kappa shape index (κ3) is 4.75. The maximum absolute atomic E-state index is 12.1. The van der Waals surface area contributed by atoms with E-state index in [2.05, 4.69) is 0 Å². The van der Waals surface area contributed by atoms with E-state index < -0.39 is 9.84 Å². The highest BCUT2D eigenvalue weighted by molar-refractivity contribution is 7.93. The Bertz CT molecular complexity index is 766. The molecule has 110 valence electrons. The molecule has 0 amide bonds. The minimum absolute atomic E-state index is 0.0984. The fourth-order valence-corrected chi connectivity index (χ4v) is 3.29. The summed E-state index contributed by atoms with van der Waals surface area (Å²) in [6.45, 7) is 0. The quantitative estimate of drug-likeness (QED) is 0.747. The topological polar surface area (TPSA) is 34.1 Å². The lowest BCUT2D eigenvalue weighted by molar-refractivity contribution is 0.604. The van der Waals surface area contributed by atoms with Crippen molar-refractivity contribution in [1.82, 2.24) is 0 Å². The molecule has 0 radical (unpaired) electrons. The summed E-state index contributed by atoms with van der Waals surface area (Å²) < 4.78 is 24.1. The summed E-state index contributed by atoms with van der Waals surface area (Å²) in [4.78, 5) is 0. The van der Waals surface area contributed by atoms with Gasteiger partial charge in [-0.2, -0.15) is 0 Å². The number of halogens is 3. The average Bonchev–Trinajstić information content (AvgIpc) is 2.43. The Morgan fingerprint density at radius 3 is 2.29 bits per heavy atom. The van der Waals surface area contributed by atoms with E-state index in [0.29, 0.717) is 26.2 Å². The fraction of sp³-hybridized carbons (Fsp3) is 0.0667. The van der Waals surface area contributed by atoms with Gasteiger partial charge in [-0.3, -0.25) is 0 Å². The molecular weight excluding hydrogens is 351 g/mol. The van der Waals surface area contributed by atoms with Crippen LogP contribution in [0.3, 0.4) is 0 Å². The number of hydrogen-bond donors (Lipinski definition) is 0. The lowest BCUT2D eigenvalue weighted by Crippen LogP contribution is -1.99. The second-order valence-electron chi connectivity index (χ2n) is 4.38. The summed E-state index contributed by atoms with van der Waals surface area (Å²) >= 11 is 17.7. The van der Waals surface area contributed by atoms with Gasteiger partial charge < -0.3 is 0 Å². The van der Waals surface area contributed by atoms with Crippen LogP contribution in [0.5, 0.6) is 0 Å². The highest BCUT2D eigenvalue weighted by Crippen LogP contribution is 2.26. The second kappa shape index (κ2) is 6.84. The third-order valence-corrected chi connectivity index (χ3v) is 5.09. The molecule has 2 aromatic rings. The van der Waals surface area contributed by atoms with Crippen molar-refractivity contribution in [2.45, 2.75) is 5.75 Å². The molecule has 0 heterocycles. The van der Waals surface area contributed by atoms with Gasteiger partial charge in [-0.15, -0.1) is 0 Å². The van der Waals surface area contributed by atoms with Gasteiger partial charge in [0.15, 0.2) is 9.84 Å². The average molecular weight is 362 g/mol. The zero-order valence-corrected chi connectivity index (χ0v) is 13.8. The minimum Gasteiger partial charge on any atom is -0.224 e. The van der Waals surface area contributed by atoms with Crippen LogP contribution in [0, 0.1) is 0 Å². The fourth-order valence-electron chi connectivity index (χ4n) is 1.69. The molecule has 21 heavy (non-hydrogen) atoms. The highest BCUT2D eigenvalue weighted by Gasteiger charge is 2.09. The molecule has 0 aliphatic heterocycles. The molecule has 0 aromatic heterocycles. The van der Waals surface area contributed by atoms with Crippen molar-refractivity contribution in [1.29, 1.82) is 0 Å². The molecule has 0 saturated carbocycles. The van der Waals surface area contributed by atoms with Gasteiger partial charge in [0.05, 0.1) is 15.8 Å². The predicted octanol–water partition coefficient (Wildman–Crippen LogP) is 5.23. The standard InChI is InChI=1S/C15H11Cl3O2S/c16-13-6-4-11(5-7-13)10-21(19,20)9-8-12-2-1-3-14(17)15(12)18/h1-9H,10H2/b9-8+. The van der Waals surface area contributed by atoms with Gasteiger partial charge in [-0.1, -0.05) is 59.1 Å². The van der Waals surface area contributed by atoms with Gasteiger partial charge in [0.1, 0.15) is 0 Å². The molecular formula is C15H11Cl3O2S. The first-order valence-corrected chi connectivity index (χ1v) is 8.81. The molecule has 2 aromatic carbocycles. The first-order chi connectivity index (χ1) is 9.87. The number of hydrogen-bond acceptors (Lipinski definition) is 2. The number of sulfone groups is 1. The molecule has 0 fully saturated rings. The van der Waals surface area contributed by atoms with Gasteiger partial charge in [-0.05, 0) is 35.4 Å². The normalized spacial score (nSPS) is 12.0. The third-order valence-electron chi connectivity index (χ3n) is 2.72. The molecule has 0 atom stereocenters. The molecule has 2 rings (SSSR count). The molecule has 0 saturated heterocycles. The lowest BCUT2D eigenvalue weighted by Gasteiger charge is -2.02. The largest absolute Gasteiger partial charge is 0.224 e. The van der Waals surface area contributed by atoms with Crippen molar-refractivity contribution in [3.05, 3.63) is 74.1 Å². The molecule has 0 bridgehead atoms. The summed E-state index contributed by atoms with van der Waals surface area (Å²) in [6.07, 6.45) is 1.44. The van der Waals surface area contributed by atoms with Crippen molar-refractivity contribution in [2.75, 3.05) is 0 Å². The van der Waals surface area contributed by atoms with Crippen molar-refractivity contribution < 1.29 is 8.42 Å². The summed E-state index contributed by atoms with van der Waals surface area (Å²) in [5, 5.41) is 2.42. The molecule has 2 nitrogen and oxygen atoms in total. The lowest BCUT2D eigenvalue weighted by atomic mass is 10.2. The Labute approximate surface area is 138 Å². The zero-order valence-electron chi connectivity index (χ0n) is 10.8. The first kappa shape index (κ1) is 16.4. The maximum atomic E-state index is 12.1. The van der Waals surface area contributed by atoms with E-state index in [1.165, 1.54) is 6.08 Å². The van der Waals surface area contributed by atoms with E-state index in [-0.39, 0.29) is 5.75 Å². The Hall–Kier alpha value is -1.00. The van der Waals surface area contributed by atoms with E-state index in [1.54, 1.807) is 42.5 Å². The van der Waals surface area contributed by atoms with Crippen molar-refractivity contribution in [3.63, 3.8) is 0 Å². The first-order valence-electron chi connectivity index (χ1n) is 5.97. The van der Waals surface area contributed by atoms with Crippen LogP contribution < -0.4 is 0 Å². The van der Waals surface area contributed by atoms with Gasteiger partial charge in [0.2, 0.25) is 0 Å². The SMILES string of the molecule is O=S(=O)(/C=C/c1cccc(Cl)c1Cl)Cc1ccc(Cl)cc1. The highest BCUT2D eigenvalue weighted by atomic mass is 35.5. The molecule has 0 unspecified atom stereocenters. The van der Waals surface area contributed by atoms with Crippen LogP contribution >= 0.6 is 34.8 Å². The van der Waals surface area contributed by atoms with Gasteiger partial charge in [0, 0.05) is 10.4 Å². The molecule has 6 heteroatoms. The van der Waals surface area contributed by atoms with Crippen molar-refractivity contribution in [2.24, 2.45) is 0 Å². The van der Waals surface area contributed by atoms with Crippen LogP contribution in [0.15, 0.2) is 47.9 Å². The van der Waals surface area contributed by atoms with E-state index >= 15 is 0 Å². The van der Waals surface area contributed by atoms with Crippen LogP contribution in [-0.2, 0) is 15.6 Å².